The van der Waals surface area contributed by atoms with E-state index in [1.54, 1.807) is 0 Å². The third-order valence-corrected chi connectivity index (χ3v) is 3.90. The zero-order valence-electron chi connectivity index (χ0n) is 8.93. The second-order valence-electron chi connectivity index (χ2n) is 4.73. The van der Waals surface area contributed by atoms with Crippen molar-refractivity contribution in [3.05, 3.63) is 10.4 Å². The van der Waals surface area contributed by atoms with Crippen LogP contribution in [0.25, 0.3) is 10.4 Å². The van der Waals surface area contributed by atoms with Gasteiger partial charge < -0.3 is 0 Å². The summed E-state index contributed by atoms with van der Waals surface area (Å²) < 4.78 is 0. The van der Waals surface area contributed by atoms with Crippen molar-refractivity contribution in [1.29, 1.82) is 0 Å². The fourth-order valence-electron chi connectivity index (χ4n) is 3.14. The van der Waals surface area contributed by atoms with E-state index in [1.807, 2.05) is 0 Å². The molecule has 2 bridgehead atoms. The maximum Gasteiger partial charge on any atom is 0.139 e. The quantitative estimate of drug-likeness (QED) is 0.295. The van der Waals surface area contributed by atoms with Crippen LogP contribution in [0.15, 0.2) is 5.11 Å². The van der Waals surface area contributed by atoms with Crippen LogP contribution in [0.1, 0.15) is 38.5 Å². The number of Topliss-reactive ketones (excluding diaryl/α,β-unsaturated/α-hetero) is 1. The Balaban J connectivity index is 1.71. The van der Waals surface area contributed by atoms with Crippen molar-refractivity contribution in [3.63, 3.8) is 0 Å². The van der Waals surface area contributed by atoms with Gasteiger partial charge in [-0.15, -0.1) is 0 Å². The van der Waals surface area contributed by atoms with Crippen molar-refractivity contribution >= 4 is 5.78 Å². The molecular weight excluding hydrogens is 190 g/mol. The topological polar surface area (TPSA) is 65.8 Å². The van der Waals surface area contributed by atoms with Gasteiger partial charge in [-0.2, -0.15) is 0 Å². The summed E-state index contributed by atoms with van der Waals surface area (Å²) in [6.07, 6.45) is 6.51. The zero-order valence-corrected chi connectivity index (χ0v) is 8.93. The van der Waals surface area contributed by atoms with E-state index in [1.165, 1.54) is 6.42 Å². The fraction of sp³-hybridized carbons (Fsp3) is 0.909. The molecule has 0 aromatic rings. The fourth-order valence-corrected chi connectivity index (χ4v) is 3.14. The van der Waals surface area contributed by atoms with Gasteiger partial charge in [0.1, 0.15) is 5.78 Å². The Bertz CT molecular complexity index is 296. The molecule has 2 saturated carbocycles. The van der Waals surface area contributed by atoms with E-state index in [2.05, 4.69) is 10.0 Å². The minimum absolute atomic E-state index is 0.342. The first-order valence-corrected chi connectivity index (χ1v) is 5.87. The number of hydrogen-bond acceptors (Lipinski definition) is 2. The first kappa shape index (κ1) is 10.5. The molecule has 2 fully saturated rings. The van der Waals surface area contributed by atoms with Gasteiger partial charge in [-0.3, -0.25) is 4.79 Å². The molecule has 2 rings (SSSR count). The molecule has 0 saturated heterocycles. The highest BCUT2D eigenvalue weighted by Crippen LogP contribution is 2.47. The molecule has 4 nitrogen and oxygen atoms in total. The van der Waals surface area contributed by atoms with Crippen LogP contribution >= 0.6 is 0 Å². The molecule has 0 N–H and O–H groups in total. The lowest BCUT2D eigenvalue weighted by molar-refractivity contribution is -0.126. The molecule has 0 aliphatic heterocycles. The lowest BCUT2D eigenvalue weighted by Gasteiger charge is -2.19. The van der Waals surface area contributed by atoms with Crippen LogP contribution in [-0.2, 0) is 4.79 Å². The van der Waals surface area contributed by atoms with Crippen LogP contribution in [0.4, 0.5) is 0 Å². The lowest BCUT2D eigenvalue weighted by atomic mass is 9.84. The summed E-state index contributed by atoms with van der Waals surface area (Å²) in [6.45, 7) is 0.575. The van der Waals surface area contributed by atoms with E-state index in [4.69, 9.17) is 5.53 Å². The van der Waals surface area contributed by atoms with Crippen LogP contribution in [0.5, 0.6) is 0 Å². The number of hydrogen-bond donors (Lipinski definition) is 0. The number of fused-ring (bicyclic) bond motifs is 2. The minimum Gasteiger partial charge on any atom is -0.299 e. The maximum absolute atomic E-state index is 11.8. The maximum atomic E-state index is 11.8. The molecule has 15 heavy (non-hydrogen) atoms. The highest BCUT2D eigenvalue weighted by Gasteiger charge is 2.45. The molecular formula is C11H17N3O. The van der Waals surface area contributed by atoms with Crippen LogP contribution in [-0.4, -0.2) is 12.3 Å². The van der Waals surface area contributed by atoms with E-state index < -0.39 is 0 Å². The van der Waals surface area contributed by atoms with Crippen molar-refractivity contribution in [1.82, 2.24) is 0 Å². The summed E-state index contributed by atoms with van der Waals surface area (Å²) in [5, 5.41) is 3.50. The first-order chi connectivity index (χ1) is 7.33. The van der Waals surface area contributed by atoms with Gasteiger partial charge in [-0.05, 0) is 43.6 Å². The van der Waals surface area contributed by atoms with Crippen molar-refractivity contribution in [3.8, 4) is 0 Å². The van der Waals surface area contributed by atoms with Gasteiger partial charge >= 0.3 is 0 Å². The lowest BCUT2D eigenvalue weighted by Crippen LogP contribution is -2.21. The van der Waals surface area contributed by atoms with Crippen molar-refractivity contribution < 1.29 is 4.79 Å². The molecule has 0 radical (unpaired) electrons. The Kier molecular flexibility index (Phi) is 3.27. The van der Waals surface area contributed by atoms with Crippen LogP contribution in [0.3, 0.4) is 0 Å². The molecule has 0 amide bonds. The molecule has 82 valence electrons. The number of unbranched alkanes of at least 4 members (excludes halogenated alkanes) is 1. The predicted octanol–water partition coefficient (Wildman–Crippen LogP) is 3.08. The molecule has 0 aromatic carbocycles. The Hall–Kier alpha value is -1.02. The SMILES string of the molecule is [N-]=[N+]=NCCCC[C@@H]1C(=O)[C@H]2CC[C@@H]1C2. The summed E-state index contributed by atoms with van der Waals surface area (Å²) in [6, 6.07) is 0. The molecule has 2 aliphatic carbocycles. The highest BCUT2D eigenvalue weighted by molar-refractivity contribution is 5.86. The molecule has 3 atom stereocenters. The van der Waals surface area contributed by atoms with Gasteiger partial charge in [-0.25, -0.2) is 0 Å². The Labute approximate surface area is 89.7 Å². The summed E-state index contributed by atoms with van der Waals surface area (Å²) in [4.78, 5) is 14.5. The summed E-state index contributed by atoms with van der Waals surface area (Å²) in [5.74, 6) is 1.95. The second-order valence-corrected chi connectivity index (χ2v) is 4.73. The van der Waals surface area contributed by atoms with Crippen molar-refractivity contribution in [2.75, 3.05) is 6.54 Å². The van der Waals surface area contributed by atoms with Gasteiger partial charge in [-0.1, -0.05) is 11.5 Å². The Morgan fingerprint density at radius 2 is 2.27 bits per heavy atom. The number of carbonyl (C=O) groups excluding carboxylic acids is 1. The van der Waals surface area contributed by atoms with Crippen LogP contribution in [0, 0.1) is 17.8 Å². The van der Waals surface area contributed by atoms with Gasteiger partial charge in [0.15, 0.2) is 0 Å². The number of nitrogens with zero attached hydrogens (tertiary/aromatic N) is 3. The summed E-state index contributed by atoms with van der Waals surface area (Å²) in [5.41, 5.74) is 8.11. The molecule has 2 aliphatic rings. The number of carbonyl (C=O) groups is 1. The standard InChI is InChI=1S/C11H17N3O/c12-14-13-6-2-1-3-10-8-4-5-9(7-8)11(10)15/h8-10H,1-7H2/t8-,9+,10+/m1/s1. The minimum atomic E-state index is 0.342. The van der Waals surface area contributed by atoms with Crippen LogP contribution in [0.2, 0.25) is 0 Å². The number of rotatable bonds is 5. The number of azide groups is 1. The Morgan fingerprint density at radius 3 is 2.93 bits per heavy atom. The second kappa shape index (κ2) is 4.67. The molecule has 0 aromatic heterocycles. The molecule has 0 unspecified atom stereocenters. The van der Waals surface area contributed by atoms with Gasteiger partial charge in [0.05, 0.1) is 0 Å². The van der Waals surface area contributed by atoms with E-state index >= 15 is 0 Å². The third kappa shape index (κ3) is 2.15. The van der Waals surface area contributed by atoms with Gasteiger partial charge in [0.2, 0.25) is 0 Å². The van der Waals surface area contributed by atoms with Crippen molar-refractivity contribution in [2.45, 2.75) is 38.5 Å². The molecule has 0 heterocycles. The normalized spacial score (nSPS) is 33.1. The van der Waals surface area contributed by atoms with E-state index in [0.29, 0.717) is 30.1 Å². The van der Waals surface area contributed by atoms with Gasteiger partial charge in [0, 0.05) is 23.3 Å². The molecule has 0 spiro atoms. The van der Waals surface area contributed by atoms with Crippen LogP contribution < -0.4 is 0 Å². The average Bonchev–Trinajstić information content (AvgIpc) is 2.80. The number of ketones is 1. The van der Waals surface area contributed by atoms with E-state index in [0.717, 1.165) is 32.1 Å². The summed E-state index contributed by atoms with van der Waals surface area (Å²) in [7, 11) is 0. The average molecular weight is 207 g/mol. The molecule has 4 heteroatoms. The Morgan fingerprint density at radius 1 is 1.40 bits per heavy atom. The zero-order chi connectivity index (χ0) is 10.7. The largest absolute Gasteiger partial charge is 0.299 e. The highest BCUT2D eigenvalue weighted by atomic mass is 16.1. The van der Waals surface area contributed by atoms with E-state index in [-0.39, 0.29) is 0 Å². The summed E-state index contributed by atoms with van der Waals surface area (Å²) >= 11 is 0. The van der Waals surface area contributed by atoms with Gasteiger partial charge in [0.25, 0.3) is 0 Å². The predicted molar refractivity (Wildman–Crippen MR) is 57.2 cm³/mol. The van der Waals surface area contributed by atoms with E-state index in [9.17, 15) is 4.79 Å². The van der Waals surface area contributed by atoms with Crippen molar-refractivity contribution in [2.24, 2.45) is 22.9 Å². The first-order valence-electron chi connectivity index (χ1n) is 5.87. The monoisotopic (exact) mass is 207 g/mol. The smallest absolute Gasteiger partial charge is 0.139 e. The third-order valence-electron chi connectivity index (χ3n) is 3.90.